The number of carbonyl (C=O) groups is 1. The molecular weight excluding hydrogens is 204 g/mol. The molecule has 2 heterocycles. The number of hydrogen-bond acceptors (Lipinski definition) is 3. The van der Waals surface area contributed by atoms with Crippen LogP contribution < -0.4 is 5.32 Å². The lowest BCUT2D eigenvalue weighted by Crippen LogP contribution is -2.64. The molecule has 0 aromatic heterocycles. The summed E-state index contributed by atoms with van der Waals surface area (Å²) in [6.07, 6.45) is 3.99. The predicted molar refractivity (Wildman–Crippen MR) is 62.4 cm³/mol. The van der Waals surface area contributed by atoms with Crippen LogP contribution >= 0.6 is 0 Å². The van der Waals surface area contributed by atoms with Crippen LogP contribution in [-0.4, -0.2) is 47.7 Å². The summed E-state index contributed by atoms with van der Waals surface area (Å²) in [6, 6.07) is 0. The molecule has 0 aromatic carbocycles. The van der Waals surface area contributed by atoms with Gasteiger partial charge in [-0.3, -0.25) is 9.69 Å². The van der Waals surface area contributed by atoms with Gasteiger partial charge in [-0.15, -0.1) is 0 Å². The Morgan fingerprint density at radius 3 is 2.75 bits per heavy atom. The highest BCUT2D eigenvalue weighted by Crippen LogP contribution is 2.36. The monoisotopic (exact) mass is 226 g/mol. The van der Waals surface area contributed by atoms with Crippen LogP contribution in [0.15, 0.2) is 0 Å². The Labute approximate surface area is 97.0 Å². The van der Waals surface area contributed by atoms with Crippen molar-refractivity contribution in [3.8, 4) is 0 Å². The van der Waals surface area contributed by atoms with Gasteiger partial charge < -0.3 is 10.4 Å². The standard InChI is InChI=1S/C12H22N2O2/c1-2-10-9-13-6-5-12(10,11(15)16)14-7-3-4-8-14/h10,13H,2-9H2,1H3,(H,15,16). The van der Waals surface area contributed by atoms with Crippen molar-refractivity contribution in [2.45, 2.75) is 38.1 Å². The van der Waals surface area contributed by atoms with E-state index >= 15 is 0 Å². The Bertz CT molecular complexity index is 260. The summed E-state index contributed by atoms with van der Waals surface area (Å²) in [5.74, 6) is -0.361. The first-order valence-corrected chi connectivity index (χ1v) is 6.41. The van der Waals surface area contributed by atoms with Gasteiger partial charge in [0.25, 0.3) is 0 Å². The van der Waals surface area contributed by atoms with E-state index < -0.39 is 11.5 Å². The van der Waals surface area contributed by atoms with Gasteiger partial charge in [0, 0.05) is 12.5 Å². The van der Waals surface area contributed by atoms with Gasteiger partial charge in [0.2, 0.25) is 0 Å². The number of carboxylic acids is 1. The maximum Gasteiger partial charge on any atom is 0.324 e. The molecular formula is C12H22N2O2. The summed E-state index contributed by atoms with van der Waals surface area (Å²) in [4.78, 5) is 14.0. The van der Waals surface area contributed by atoms with Crippen molar-refractivity contribution in [1.29, 1.82) is 0 Å². The van der Waals surface area contributed by atoms with Crippen molar-refractivity contribution in [2.75, 3.05) is 26.2 Å². The van der Waals surface area contributed by atoms with Crippen LogP contribution in [0.3, 0.4) is 0 Å². The molecule has 2 atom stereocenters. The molecule has 2 aliphatic rings. The second-order valence-electron chi connectivity index (χ2n) is 4.98. The van der Waals surface area contributed by atoms with E-state index in [9.17, 15) is 9.90 Å². The van der Waals surface area contributed by atoms with E-state index in [0.717, 1.165) is 51.9 Å². The van der Waals surface area contributed by atoms with Crippen molar-refractivity contribution < 1.29 is 9.90 Å². The Morgan fingerprint density at radius 1 is 1.50 bits per heavy atom. The number of nitrogens with zero attached hydrogens (tertiary/aromatic N) is 1. The zero-order valence-electron chi connectivity index (χ0n) is 10.0. The summed E-state index contributed by atoms with van der Waals surface area (Å²) in [5.41, 5.74) is -0.587. The normalized spacial score (nSPS) is 36.4. The molecule has 0 amide bonds. The molecule has 0 radical (unpaired) electrons. The highest BCUT2D eigenvalue weighted by molar-refractivity contribution is 5.79. The summed E-state index contributed by atoms with van der Waals surface area (Å²) < 4.78 is 0. The van der Waals surface area contributed by atoms with Crippen molar-refractivity contribution in [3.05, 3.63) is 0 Å². The second-order valence-corrected chi connectivity index (χ2v) is 4.98. The zero-order valence-corrected chi connectivity index (χ0v) is 10.0. The van der Waals surface area contributed by atoms with E-state index in [0.29, 0.717) is 0 Å². The maximum atomic E-state index is 11.8. The first-order valence-electron chi connectivity index (χ1n) is 6.41. The van der Waals surface area contributed by atoms with Gasteiger partial charge in [-0.05, 0) is 45.3 Å². The van der Waals surface area contributed by atoms with E-state index in [4.69, 9.17) is 0 Å². The van der Waals surface area contributed by atoms with Gasteiger partial charge in [0.1, 0.15) is 5.54 Å². The average molecular weight is 226 g/mol. The molecule has 4 nitrogen and oxygen atoms in total. The number of rotatable bonds is 3. The maximum absolute atomic E-state index is 11.8. The molecule has 0 aliphatic carbocycles. The first kappa shape index (κ1) is 11.9. The Morgan fingerprint density at radius 2 is 2.19 bits per heavy atom. The van der Waals surface area contributed by atoms with Gasteiger partial charge in [0.15, 0.2) is 0 Å². The summed E-state index contributed by atoms with van der Waals surface area (Å²) in [5, 5.41) is 13.0. The number of nitrogens with one attached hydrogen (secondary N) is 1. The second kappa shape index (κ2) is 4.72. The minimum atomic E-state index is -0.609. The van der Waals surface area contributed by atoms with E-state index in [1.54, 1.807) is 0 Å². The molecule has 0 aromatic rings. The number of carboxylic acid groups (broad SMARTS) is 1. The van der Waals surface area contributed by atoms with Crippen LogP contribution in [0.1, 0.15) is 32.6 Å². The van der Waals surface area contributed by atoms with Gasteiger partial charge in [0.05, 0.1) is 0 Å². The lowest BCUT2D eigenvalue weighted by molar-refractivity contribution is -0.157. The Kier molecular flexibility index (Phi) is 3.50. The minimum absolute atomic E-state index is 0.247. The van der Waals surface area contributed by atoms with Gasteiger partial charge in [-0.25, -0.2) is 0 Å². The first-order chi connectivity index (χ1) is 7.71. The Balaban J connectivity index is 2.27. The number of piperidine rings is 1. The molecule has 2 rings (SSSR count). The molecule has 0 bridgehead atoms. The van der Waals surface area contributed by atoms with Crippen molar-refractivity contribution in [2.24, 2.45) is 5.92 Å². The third-order valence-corrected chi connectivity index (χ3v) is 4.28. The molecule has 0 spiro atoms. The van der Waals surface area contributed by atoms with Crippen LogP contribution in [0.2, 0.25) is 0 Å². The molecule has 2 unspecified atom stereocenters. The van der Waals surface area contributed by atoms with Gasteiger partial charge >= 0.3 is 5.97 Å². The highest BCUT2D eigenvalue weighted by atomic mass is 16.4. The smallest absolute Gasteiger partial charge is 0.324 e. The summed E-state index contributed by atoms with van der Waals surface area (Å²) in [7, 11) is 0. The average Bonchev–Trinajstić information content (AvgIpc) is 2.82. The van der Waals surface area contributed by atoms with Crippen LogP contribution in [0.25, 0.3) is 0 Å². The fourth-order valence-corrected chi connectivity index (χ4v) is 3.36. The molecule has 2 saturated heterocycles. The van der Waals surface area contributed by atoms with Crippen molar-refractivity contribution >= 4 is 5.97 Å². The SMILES string of the molecule is CCC1CNCCC1(C(=O)O)N1CCCC1. The van der Waals surface area contributed by atoms with Gasteiger partial charge in [-0.2, -0.15) is 0 Å². The highest BCUT2D eigenvalue weighted by Gasteiger charge is 2.51. The number of hydrogen-bond donors (Lipinski definition) is 2. The summed E-state index contributed by atoms with van der Waals surface area (Å²) in [6.45, 7) is 5.70. The summed E-state index contributed by atoms with van der Waals surface area (Å²) >= 11 is 0. The number of aliphatic carboxylic acids is 1. The van der Waals surface area contributed by atoms with Crippen molar-refractivity contribution in [3.63, 3.8) is 0 Å². The fraction of sp³-hybridized carbons (Fsp3) is 0.917. The van der Waals surface area contributed by atoms with E-state index in [-0.39, 0.29) is 5.92 Å². The van der Waals surface area contributed by atoms with E-state index in [1.807, 2.05) is 0 Å². The Hall–Kier alpha value is -0.610. The zero-order chi connectivity index (χ0) is 11.6. The van der Waals surface area contributed by atoms with Gasteiger partial charge in [-0.1, -0.05) is 6.92 Å². The third kappa shape index (κ3) is 1.74. The van der Waals surface area contributed by atoms with Crippen LogP contribution in [-0.2, 0) is 4.79 Å². The molecule has 16 heavy (non-hydrogen) atoms. The molecule has 4 heteroatoms. The lowest BCUT2D eigenvalue weighted by Gasteiger charge is -2.46. The molecule has 2 fully saturated rings. The third-order valence-electron chi connectivity index (χ3n) is 4.28. The lowest BCUT2D eigenvalue weighted by atomic mass is 9.75. The molecule has 2 aliphatic heterocycles. The molecule has 2 N–H and O–H groups in total. The molecule has 0 saturated carbocycles. The van der Waals surface area contributed by atoms with Crippen LogP contribution in [0.4, 0.5) is 0 Å². The number of likely N-dealkylation sites (tertiary alicyclic amines) is 1. The molecule has 92 valence electrons. The van der Waals surface area contributed by atoms with Crippen LogP contribution in [0.5, 0.6) is 0 Å². The predicted octanol–water partition coefficient (Wildman–Crippen LogP) is 0.925. The quantitative estimate of drug-likeness (QED) is 0.751. The van der Waals surface area contributed by atoms with Crippen LogP contribution in [0, 0.1) is 5.92 Å². The van der Waals surface area contributed by atoms with Crippen molar-refractivity contribution in [1.82, 2.24) is 10.2 Å². The van der Waals surface area contributed by atoms with E-state index in [2.05, 4.69) is 17.1 Å². The fourth-order valence-electron chi connectivity index (χ4n) is 3.36. The largest absolute Gasteiger partial charge is 0.480 e. The minimum Gasteiger partial charge on any atom is -0.480 e. The van der Waals surface area contributed by atoms with E-state index in [1.165, 1.54) is 0 Å². The topological polar surface area (TPSA) is 52.6 Å².